The van der Waals surface area contributed by atoms with Crippen molar-refractivity contribution in [1.29, 1.82) is 0 Å². The zero-order valence-corrected chi connectivity index (χ0v) is 17.9. The van der Waals surface area contributed by atoms with E-state index in [1.165, 1.54) is 29.5 Å². The Morgan fingerprint density at radius 2 is 1.97 bits per heavy atom. The van der Waals surface area contributed by atoms with Crippen molar-refractivity contribution in [1.82, 2.24) is 9.88 Å². The molecule has 0 aliphatic carbocycles. The van der Waals surface area contributed by atoms with Crippen LogP contribution >= 0.6 is 11.3 Å². The van der Waals surface area contributed by atoms with Gasteiger partial charge in [0.05, 0.1) is 18.1 Å². The third kappa shape index (κ3) is 7.07. The van der Waals surface area contributed by atoms with E-state index in [-0.39, 0.29) is 23.9 Å². The number of nitro benzene ring substituents is 1. The second-order valence-corrected chi connectivity index (χ2v) is 7.44. The van der Waals surface area contributed by atoms with E-state index >= 15 is 0 Å². The minimum Gasteiger partial charge on any atom is -0.461 e. The first-order valence-corrected chi connectivity index (χ1v) is 10.7. The highest BCUT2D eigenvalue weighted by atomic mass is 32.1. The van der Waals surface area contributed by atoms with Crippen molar-refractivity contribution in [3.8, 4) is 0 Å². The summed E-state index contributed by atoms with van der Waals surface area (Å²) >= 11 is 1.31. The summed E-state index contributed by atoms with van der Waals surface area (Å²) in [6.07, 6.45) is 5.98. The first kappa shape index (κ1) is 23.2. The molecule has 8 nitrogen and oxygen atoms in total. The molecule has 0 saturated carbocycles. The summed E-state index contributed by atoms with van der Waals surface area (Å²) in [6, 6.07) is 5.98. The Morgan fingerprint density at radius 3 is 2.60 bits per heavy atom. The van der Waals surface area contributed by atoms with Gasteiger partial charge in [-0.15, -0.1) is 11.3 Å². The van der Waals surface area contributed by atoms with E-state index < -0.39 is 10.9 Å². The van der Waals surface area contributed by atoms with Crippen molar-refractivity contribution in [3.63, 3.8) is 0 Å². The highest BCUT2D eigenvalue weighted by Crippen LogP contribution is 2.16. The number of ether oxygens (including phenoxy) is 1. The number of nitro groups is 1. The van der Waals surface area contributed by atoms with Gasteiger partial charge in [0.15, 0.2) is 5.69 Å². The molecule has 0 aliphatic rings. The molecule has 9 heteroatoms. The van der Waals surface area contributed by atoms with E-state index in [0.717, 1.165) is 19.3 Å². The molecule has 30 heavy (non-hydrogen) atoms. The minimum atomic E-state index is -0.470. The first-order valence-electron chi connectivity index (χ1n) is 9.77. The largest absolute Gasteiger partial charge is 0.461 e. The summed E-state index contributed by atoms with van der Waals surface area (Å²) in [5, 5.41) is 13.0. The fourth-order valence-electron chi connectivity index (χ4n) is 2.65. The lowest BCUT2D eigenvalue weighted by Gasteiger charge is -2.20. The summed E-state index contributed by atoms with van der Waals surface area (Å²) in [7, 11) is 0. The summed E-state index contributed by atoms with van der Waals surface area (Å²) < 4.78 is 4.96. The highest BCUT2D eigenvalue weighted by Gasteiger charge is 2.16. The lowest BCUT2D eigenvalue weighted by molar-refractivity contribution is -0.384. The normalized spacial score (nSPS) is 10.9. The number of benzene rings is 1. The van der Waals surface area contributed by atoms with Crippen LogP contribution in [-0.2, 0) is 16.1 Å². The van der Waals surface area contributed by atoms with Crippen LogP contribution in [0.1, 0.15) is 54.2 Å². The van der Waals surface area contributed by atoms with Crippen LogP contribution in [0.25, 0.3) is 6.08 Å². The molecule has 1 aromatic heterocycles. The van der Waals surface area contributed by atoms with Crippen LogP contribution in [0, 0.1) is 10.1 Å². The second kappa shape index (κ2) is 11.8. The van der Waals surface area contributed by atoms with Gasteiger partial charge in [0.25, 0.3) is 5.69 Å². The maximum absolute atomic E-state index is 12.7. The number of nitrogens with zero attached hydrogens (tertiary/aromatic N) is 3. The van der Waals surface area contributed by atoms with Gasteiger partial charge in [0.2, 0.25) is 5.91 Å². The fourth-order valence-corrected chi connectivity index (χ4v) is 3.42. The number of aromatic nitrogens is 1. The highest BCUT2D eigenvalue weighted by molar-refractivity contribution is 7.09. The second-order valence-electron chi connectivity index (χ2n) is 6.50. The summed E-state index contributed by atoms with van der Waals surface area (Å²) in [5.41, 5.74) is 0.946. The van der Waals surface area contributed by atoms with E-state index in [1.54, 1.807) is 35.4 Å². The molecule has 0 N–H and O–H groups in total. The third-order valence-electron chi connectivity index (χ3n) is 4.23. The summed E-state index contributed by atoms with van der Waals surface area (Å²) in [5.74, 6) is -0.653. The molecule has 1 amide bonds. The molecular formula is C21H25N3O5S. The van der Waals surface area contributed by atoms with Crippen LogP contribution in [0.4, 0.5) is 5.69 Å². The predicted octanol–water partition coefficient (Wildman–Crippen LogP) is 4.46. The summed E-state index contributed by atoms with van der Waals surface area (Å²) in [6.45, 7) is 4.98. The van der Waals surface area contributed by atoms with Crippen molar-refractivity contribution < 1.29 is 19.2 Å². The van der Waals surface area contributed by atoms with Crippen LogP contribution in [0.5, 0.6) is 0 Å². The molecule has 0 unspecified atom stereocenters. The Labute approximate surface area is 179 Å². The number of rotatable bonds is 11. The van der Waals surface area contributed by atoms with Crippen LogP contribution in [-0.4, -0.2) is 39.8 Å². The van der Waals surface area contributed by atoms with Gasteiger partial charge in [0, 0.05) is 30.1 Å². The van der Waals surface area contributed by atoms with E-state index in [4.69, 9.17) is 4.74 Å². The minimum absolute atomic E-state index is 0.000780. The van der Waals surface area contributed by atoms with Gasteiger partial charge >= 0.3 is 5.97 Å². The number of unbranched alkanes of at least 4 members (excludes halogenated alkanes) is 2. The molecule has 2 rings (SSSR count). The lowest BCUT2D eigenvalue weighted by atomic mass is 10.2. The van der Waals surface area contributed by atoms with Crippen LogP contribution in [0.15, 0.2) is 35.7 Å². The zero-order chi connectivity index (χ0) is 21.9. The average Bonchev–Trinajstić information content (AvgIpc) is 3.20. The monoisotopic (exact) mass is 431 g/mol. The van der Waals surface area contributed by atoms with E-state index in [2.05, 4.69) is 11.9 Å². The Morgan fingerprint density at radius 1 is 1.23 bits per heavy atom. The van der Waals surface area contributed by atoms with E-state index in [1.807, 2.05) is 0 Å². The van der Waals surface area contributed by atoms with Gasteiger partial charge in [0.1, 0.15) is 5.01 Å². The van der Waals surface area contributed by atoms with Crippen molar-refractivity contribution in [2.75, 3.05) is 13.2 Å². The smallest absolute Gasteiger partial charge is 0.357 e. The third-order valence-corrected chi connectivity index (χ3v) is 5.06. The number of amides is 1. The molecule has 160 valence electrons. The van der Waals surface area contributed by atoms with Crippen molar-refractivity contribution in [2.45, 2.75) is 39.7 Å². The molecule has 0 radical (unpaired) electrons. The molecule has 2 aromatic rings. The molecule has 0 spiro atoms. The van der Waals surface area contributed by atoms with Crippen LogP contribution in [0.3, 0.4) is 0 Å². The van der Waals surface area contributed by atoms with Gasteiger partial charge in [-0.25, -0.2) is 9.78 Å². The maximum Gasteiger partial charge on any atom is 0.357 e. The first-order chi connectivity index (χ1) is 14.4. The Hall–Kier alpha value is -3.07. The molecule has 1 heterocycles. The van der Waals surface area contributed by atoms with Crippen LogP contribution < -0.4 is 0 Å². The summed E-state index contributed by atoms with van der Waals surface area (Å²) in [4.78, 5) is 40.8. The van der Waals surface area contributed by atoms with Crippen molar-refractivity contribution >= 4 is 35.0 Å². The standard InChI is InChI=1S/C21H25N3O5S/c1-3-5-6-13-23(14-19-22-18(15-30-19)21(26)29-4-2)20(25)12-9-16-7-10-17(11-8-16)24(27)28/h7-12,15H,3-6,13-14H2,1-2H3. The Kier molecular flexibility index (Phi) is 9.14. The van der Waals surface area contributed by atoms with Gasteiger partial charge in [-0.2, -0.15) is 0 Å². The number of carbonyl (C=O) groups is 2. The van der Waals surface area contributed by atoms with E-state index in [0.29, 0.717) is 23.7 Å². The lowest BCUT2D eigenvalue weighted by Crippen LogP contribution is -2.30. The Bertz CT molecular complexity index is 892. The molecule has 0 bridgehead atoms. The molecule has 0 atom stereocenters. The van der Waals surface area contributed by atoms with Crippen molar-refractivity contribution in [2.24, 2.45) is 0 Å². The van der Waals surface area contributed by atoms with Gasteiger partial charge in [-0.3, -0.25) is 14.9 Å². The van der Waals surface area contributed by atoms with E-state index in [9.17, 15) is 19.7 Å². The molecule has 0 aliphatic heterocycles. The van der Waals surface area contributed by atoms with Crippen molar-refractivity contribution in [3.05, 3.63) is 62.1 Å². The molecule has 0 fully saturated rings. The van der Waals surface area contributed by atoms with Crippen LogP contribution in [0.2, 0.25) is 0 Å². The average molecular weight is 432 g/mol. The number of carbonyl (C=O) groups excluding carboxylic acids is 2. The number of hydrogen-bond donors (Lipinski definition) is 0. The molecular weight excluding hydrogens is 406 g/mol. The van der Waals surface area contributed by atoms with Gasteiger partial charge in [-0.1, -0.05) is 19.8 Å². The topological polar surface area (TPSA) is 103 Å². The molecule has 1 aromatic carbocycles. The Balaban J connectivity index is 2.08. The molecule has 0 saturated heterocycles. The van der Waals surface area contributed by atoms with Gasteiger partial charge < -0.3 is 9.64 Å². The number of esters is 1. The van der Waals surface area contributed by atoms with Gasteiger partial charge in [-0.05, 0) is 37.1 Å². The number of non-ortho nitro benzene ring substituents is 1. The number of thiazole rings is 1. The fraction of sp³-hybridized carbons (Fsp3) is 0.381. The quantitative estimate of drug-likeness (QED) is 0.171. The predicted molar refractivity (Wildman–Crippen MR) is 115 cm³/mol. The number of hydrogen-bond acceptors (Lipinski definition) is 7. The SMILES string of the molecule is CCCCCN(Cc1nc(C(=O)OCC)cs1)C(=O)C=Cc1ccc([N+](=O)[O-])cc1. The maximum atomic E-state index is 12.7. The zero-order valence-electron chi connectivity index (χ0n) is 17.1.